The summed E-state index contributed by atoms with van der Waals surface area (Å²) in [6.07, 6.45) is 13.7. The van der Waals surface area contributed by atoms with Gasteiger partial charge in [-0.15, -0.1) is 0 Å². The number of hydrogen-bond acceptors (Lipinski definition) is 4. The maximum absolute atomic E-state index is 14.7. The number of nitrogens with zero attached hydrogens (tertiary/aromatic N) is 4. The summed E-state index contributed by atoms with van der Waals surface area (Å²) in [5, 5.41) is 0. The zero-order chi connectivity index (χ0) is 24.5. The molecule has 1 unspecified atom stereocenters. The fourth-order valence-corrected chi connectivity index (χ4v) is 9.58. The molecule has 2 saturated heterocycles. The fraction of sp³-hybridized carbons (Fsp3) is 0.742. The van der Waals surface area contributed by atoms with Crippen molar-refractivity contribution in [1.82, 2.24) is 9.80 Å². The average molecular weight is 489 g/mol. The summed E-state index contributed by atoms with van der Waals surface area (Å²) in [6.45, 7) is 6.37. The largest absolute Gasteiger partial charge is 0.304 e. The number of rotatable bonds is 3. The Morgan fingerprint density at radius 2 is 1.42 bits per heavy atom. The molecule has 0 radical (unpaired) electrons. The molecular formula is C31H44N4O. The molecule has 1 spiro atoms. The summed E-state index contributed by atoms with van der Waals surface area (Å²) in [5.74, 6) is 4.04. The molecule has 5 aliphatic carbocycles. The predicted octanol–water partition coefficient (Wildman–Crippen LogP) is 5.28. The van der Waals surface area contributed by atoms with Crippen molar-refractivity contribution in [3.8, 4) is 0 Å². The number of aliphatic imine (C=N–C) groups is 1. The Morgan fingerprint density at radius 1 is 0.833 bits per heavy atom. The van der Waals surface area contributed by atoms with Gasteiger partial charge in [0.2, 0.25) is 5.91 Å². The van der Waals surface area contributed by atoms with Gasteiger partial charge in [-0.1, -0.05) is 37.0 Å². The van der Waals surface area contributed by atoms with Gasteiger partial charge in [-0.05, 0) is 95.2 Å². The van der Waals surface area contributed by atoms with Crippen molar-refractivity contribution in [2.45, 2.75) is 89.1 Å². The zero-order valence-corrected chi connectivity index (χ0v) is 22.4. The highest BCUT2D eigenvalue weighted by molar-refractivity contribution is 6.27. The second kappa shape index (κ2) is 8.66. The Bertz CT molecular complexity index is 996. The normalized spacial score (nSPS) is 39.6. The van der Waals surface area contributed by atoms with Crippen LogP contribution in [0.5, 0.6) is 0 Å². The molecule has 2 aliphatic heterocycles. The van der Waals surface area contributed by atoms with Crippen LogP contribution in [0.2, 0.25) is 0 Å². The fourth-order valence-electron chi connectivity index (χ4n) is 9.58. The minimum Gasteiger partial charge on any atom is -0.304 e. The number of benzene rings is 1. The van der Waals surface area contributed by atoms with Gasteiger partial charge in [-0.25, -0.2) is 0 Å². The first-order chi connectivity index (χ1) is 17.4. The Labute approximate surface area is 217 Å². The van der Waals surface area contributed by atoms with E-state index in [0.717, 1.165) is 68.3 Å². The molecule has 0 aromatic heterocycles. The molecule has 8 rings (SSSR count). The highest BCUT2D eigenvalue weighted by Gasteiger charge is 2.61. The lowest BCUT2D eigenvalue weighted by molar-refractivity contribution is -0.130. The third kappa shape index (κ3) is 3.71. The maximum atomic E-state index is 14.7. The van der Waals surface area contributed by atoms with Gasteiger partial charge >= 0.3 is 0 Å². The number of piperazine rings is 1. The predicted molar refractivity (Wildman–Crippen MR) is 145 cm³/mol. The van der Waals surface area contributed by atoms with Crippen LogP contribution in [0.15, 0.2) is 29.3 Å². The van der Waals surface area contributed by atoms with Gasteiger partial charge in [0.25, 0.3) is 0 Å². The van der Waals surface area contributed by atoms with E-state index in [1.165, 1.54) is 63.4 Å². The molecular weight excluding hydrogens is 444 g/mol. The van der Waals surface area contributed by atoms with Gasteiger partial charge in [-0.3, -0.25) is 19.6 Å². The average Bonchev–Trinajstić information content (AvgIpc) is 3.06. The third-order valence-corrected chi connectivity index (χ3v) is 10.9. The molecule has 36 heavy (non-hydrogen) atoms. The van der Waals surface area contributed by atoms with Crippen LogP contribution in [0.4, 0.5) is 5.69 Å². The first kappa shape index (κ1) is 23.4. The molecule has 5 saturated carbocycles. The van der Waals surface area contributed by atoms with Gasteiger partial charge in [0.15, 0.2) is 0 Å². The van der Waals surface area contributed by atoms with E-state index in [0.29, 0.717) is 5.91 Å². The molecule has 194 valence electrons. The topological polar surface area (TPSA) is 39.2 Å². The van der Waals surface area contributed by atoms with Crippen molar-refractivity contribution in [3.63, 3.8) is 0 Å². The summed E-state index contributed by atoms with van der Waals surface area (Å²) < 4.78 is 0. The van der Waals surface area contributed by atoms with E-state index in [1.54, 1.807) is 0 Å². The quantitative estimate of drug-likeness (QED) is 0.581. The molecule has 0 N–H and O–H groups in total. The molecule has 1 aromatic carbocycles. The standard InChI is InChI=1S/C31H44N4O/c1-22-6-8-26(9-7-22)35-28(32-30-19-23-16-24(20-30)18-25(17-23)21-30)27(34-14-12-33(2)13-15-34)31(29(35)36)10-4-3-5-11-31/h6-9,23-25,27H,3-5,10-21H2,1-2H3. The Hall–Kier alpha value is -1.72. The van der Waals surface area contributed by atoms with Crippen LogP contribution >= 0.6 is 0 Å². The van der Waals surface area contributed by atoms with Crippen molar-refractivity contribution in [1.29, 1.82) is 0 Å². The number of likely N-dealkylation sites (N-methyl/N-ethyl adjacent to an activating group) is 1. The van der Waals surface area contributed by atoms with Gasteiger partial charge < -0.3 is 4.90 Å². The molecule has 2 heterocycles. The number of amidine groups is 1. The number of anilines is 1. The van der Waals surface area contributed by atoms with E-state index < -0.39 is 0 Å². The molecule has 1 atom stereocenters. The van der Waals surface area contributed by atoms with Crippen molar-refractivity contribution < 1.29 is 4.79 Å². The first-order valence-corrected chi connectivity index (χ1v) is 14.9. The Balaban J connectivity index is 1.37. The van der Waals surface area contributed by atoms with Crippen LogP contribution in [-0.2, 0) is 4.79 Å². The monoisotopic (exact) mass is 488 g/mol. The number of aryl methyl sites for hydroxylation is 1. The van der Waals surface area contributed by atoms with Crippen LogP contribution in [0.3, 0.4) is 0 Å². The maximum Gasteiger partial charge on any atom is 0.240 e. The lowest BCUT2D eigenvalue weighted by Crippen LogP contribution is -2.58. The van der Waals surface area contributed by atoms with E-state index in [2.05, 4.69) is 52.9 Å². The van der Waals surface area contributed by atoms with Crippen molar-refractivity contribution in [2.75, 3.05) is 38.1 Å². The molecule has 7 fully saturated rings. The van der Waals surface area contributed by atoms with Gasteiger partial charge in [0, 0.05) is 26.2 Å². The van der Waals surface area contributed by atoms with Crippen LogP contribution in [-0.4, -0.2) is 66.4 Å². The minimum absolute atomic E-state index is 0.0678. The lowest BCUT2D eigenvalue weighted by Gasteiger charge is -2.55. The Kier molecular flexibility index (Phi) is 5.63. The molecule has 5 heteroatoms. The van der Waals surface area contributed by atoms with E-state index >= 15 is 0 Å². The van der Waals surface area contributed by atoms with Crippen molar-refractivity contribution >= 4 is 17.4 Å². The van der Waals surface area contributed by atoms with Gasteiger partial charge in [0.05, 0.1) is 22.7 Å². The third-order valence-electron chi connectivity index (χ3n) is 10.9. The first-order valence-electron chi connectivity index (χ1n) is 14.9. The van der Waals surface area contributed by atoms with Crippen LogP contribution < -0.4 is 4.90 Å². The molecule has 7 aliphatic rings. The highest BCUT2D eigenvalue weighted by atomic mass is 16.2. The van der Waals surface area contributed by atoms with E-state index in [1.807, 2.05) is 0 Å². The number of amides is 1. The van der Waals surface area contributed by atoms with Gasteiger partial charge in [-0.2, -0.15) is 0 Å². The van der Waals surface area contributed by atoms with E-state index in [4.69, 9.17) is 4.99 Å². The molecule has 1 amide bonds. The zero-order valence-electron chi connectivity index (χ0n) is 22.4. The number of carbonyl (C=O) groups excluding carboxylic acids is 1. The molecule has 4 bridgehead atoms. The van der Waals surface area contributed by atoms with Gasteiger partial charge in [0.1, 0.15) is 5.84 Å². The summed E-state index contributed by atoms with van der Waals surface area (Å²) >= 11 is 0. The summed E-state index contributed by atoms with van der Waals surface area (Å²) in [7, 11) is 2.23. The second-order valence-electron chi connectivity index (χ2n) is 13.5. The second-order valence-corrected chi connectivity index (χ2v) is 13.5. The van der Waals surface area contributed by atoms with Crippen LogP contribution in [0.25, 0.3) is 0 Å². The number of carbonyl (C=O) groups is 1. The smallest absolute Gasteiger partial charge is 0.240 e. The highest BCUT2D eigenvalue weighted by Crippen LogP contribution is 2.58. The van der Waals surface area contributed by atoms with E-state index in [-0.39, 0.29) is 17.0 Å². The Morgan fingerprint density at radius 3 is 2.00 bits per heavy atom. The number of hydrogen-bond donors (Lipinski definition) is 0. The van der Waals surface area contributed by atoms with Crippen LogP contribution in [0, 0.1) is 30.1 Å². The minimum atomic E-state index is -0.305. The SMILES string of the molecule is Cc1ccc(N2C(=O)C3(CCCCC3)C(N3CCN(C)CC3)C2=NC23CC4CC(CC(C4)C2)C3)cc1. The molecule has 5 nitrogen and oxygen atoms in total. The van der Waals surface area contributed by atoms with Crippen molar-refractivity contribution in [3.05, 3.63) is 29.8 Å². The summed E-state index contributed by atoms with van der Waals surface area (Å²) in [5.41, 5.74) is 2.04. The summed E-state index contributed by atoms with van der Waals surface area (Å²) in [4.78, 5) is 27.8. The van der Waals surface area contributed by atoms with Crippen LogP contribution in [0.1, 0.15) is 76.2 Å². The lowest BCUT2D eigenvalue weighted by atomic mass is 9.53. The molecule has 1 aromatic rings. The van der Waals surface area contributed by atoms with E-state index in [9.17, 15) is 4.79 Å². The van der Waals surface area contributed by atoms with Crippen molar-refractivity contribution in [2.24, 2.45) is 28.2 Å². The summed E-state index contributed by atoms with van der Waals surface area (Å²) in [6, 6.07) is 8.81.